The highest BCUT2D eigenvalue weighted by atomic mass is 16.5. The molecule has 0 aromatic rings. The predicted molar refractivity (Wildman–Crippen MR) is 114 cm³/mol. The van der Waals surface area contributed by atoms with E-state index in [2.05, 4.69) is 40.9 Å². The number of hydrogen-bond acceptors (Lipinski definition) is 1. The van der Waals surface area contributed by atoms with Crippen molar-refractivity contribution >= 4 is 0 Å². The van der Waals surface area contributed by atoms with Crippen LogP contribution in [0.2, 0.25) is 0 Å². The Kier molecular flexibility index (Phi) is 9.04. The summed E-state index contributed by atoms with van der Waals surface area (Å²) >= 11 is 0. The summed E-state index contributed by atoms with van der Waals surface area (Å²) < 4.78 is 6.55. The highest BCUT2D eigenvalue weighted by molar-refractivity contribution is 5.02. The first-order valence-corrected chi connectivity index (χ1v) is 11.8. The van der Waals surface area contributed by atoms with Gasteiger partial charge in [0.25, 0.3) is 0 Å². The van der Waals surface area contributed by atoms with E-state index in [4.69, 9.17) is 4.74 Å². The Morgan fingerprint density at radius 3 is 2.35 bits per heavy atom. The van der Waals surface area contributed by atoms with Gasteiger partial charge in [-0.3, -0.25) is 0 Å². The minimum absolute atomic E-state index is 0.128. The van der Waals surface area contributed by atoms with Gasteiger partial charge in [0, 0.05) is 0 Å². The summed E-state index contributed by atoms with van der Waals surface area (Å²) in [6.07, 6.45) is 19.8. The summed E-state index contributed by atoms with van der Waals surface area (Å²) in [5.41, 5.74) is 1.72. The molecule has 0 aromatic heterocycles. The normalized spacial score (nSPS) is 26.9. The molecular weight excluding hydrogens is 316 g/mol. The summed E-state index contributed by atoms with van der Waals surface area (Å²) in [5, 5.41) is 0. The standard InChI is InChI=1S/C25H46O/c1-6-24(20(2)3)16-15-22-11-10-12-23(14-13-22)19-26-25(21(4)5)17-8-7-9-18-25/h19-22,24H,6-18H2,1-5H3. The van der Waals surface area contributed by atoms with Crippen LogP contribution in [-0.2, 0) is 4.74 Å². The van der Waals surface area contributed by atoms with Crippen LogP contribution in [0.5, 0.6) is 0 Å². The molecule has 152 valence electrons. The fraction of sp³-hybridized carbons (Fsp3) is 0.920. The van der Waals surface area contributed by atoms with Gasteiger partial charge in [0.2, 0.25) is 0 Å². The van der Waals surface area contributed by atoms with Crippen molar-refractivity contribution in [2.24, 2.45) is 23.7 Å². The van der Waals surface area contributed by atoms with E-state index in [1.54, 1.807) is 5.57 Å². The molecule has 26 heavy (non-hydrogen) atoms. The van der Waals surface area contributed by atoms with E-state index in [9.17, 15) is 0 Å². The van der Waals surface area contributed by atoms with Gasteiger partial charge in [-0.05, 0) is 87.0 Å². The maximum absolute atomic E-state index is 6.55. The third-order valence-electron chi connectivity index (χ3n) is 7.61. The van der Waals surface area contributed by atoms with E-state index < -0.39 is 0 Å². The first-order valence-electron chi connectivity index (χ1n) is 11.8. The van der Waals surface area contributed by atoms with E-state index in [-0.39, 0.29) is 5.60 Å². The van der Waals surface area contributed by atoms with Crippen LogP contribution in [0.15, 0.2) is 11.8 Å². The van der Waals surface area contributed by atoms with Gasteiger partial charge in [-0.1, -0.05) is 60.3 Å². The number of allylic oxidation sites excluding steroid dienone is 1. The van der Waals surface area contributed by atoms with Crippen molar-refractivity contribution in [1.82, 2.24) is 0 Å². The van der Waals surface area contributed by atoms with Gasteiger partial charge in [-0.25, -0.2) is 0 Å². The maximum Gasteiger partial charge on any atom is 0.110 e. The molecule has 2 fully saturated rings. The lowest BCUT2D eigenvalue weighted by molar-refractivity contribution is -0.0504. The largest absolute Gasteiger partial charge is 0.495 e. The van der Waals surface area contributed by atoms with Crippen LogP contribution >= 0.6 is 0 Å². The van der Waals surface area contributed by atoms with Crippen molar-refractivity contribution in [3.8, 4) is 0 Å². The molecule has 0 heterocycles. The molecule has 0 bridgehead atoms. The van der Waals surface area contributed by atoms with Crippen LogP contribution in [0.4, 0.5) is 0 Å². The molecule has 0 spiro atoms. The zero-order valence-electron chi connectivity index (χ0n) is 18.5. The first-order chi connectivity index (χ1) is 12.5. The fourth-order valence-electron chi connectivity index (χ4n) is 5.32. The molecule has 0 N–H and O–H groups in total. The molecule has 0 aliphatic heterocycles. The lowest BCUT2D eigenvalue weighted by Gasteiger charge is -2.40. The maximum atomic E-state index is 6.55. The predicted octanol–water partition coefficient (Wildman–Crippen LogP) is 8.29. The van der Waals surface area contributed by atoms with Crippen molar-refractivity contribution in [2.75, 3.05) is 0 Å². The van der Waals surface area contributed by atoms with Gasteiger partial charge in [-0.2, -0.15) is 0 Å². The van der Waals surface area contributed by atoms with E-state index in [0.717, 1.165) is 17.8 Å². The van der Waals surface area contributed by atoms with Crippen LogP contribution in [0.3, 0.4) is 0 Å². The topological polar surface area (TPSA) is 9.23 Å². The molecule has 2 aliphatic rings. The Morgan fingerprint density at radius 2 is 1.73 bits per heavy atom. The molecule has 0 radical (unpaired) electrons. The minimum atomic E-state index is 0.128. The molecule has 0 saturated heterocycles. The molecule has 2 rings (SSSR count). The third kappa shape index (κ3) is 6.31. The fourth-order valence-corrected chi connectivity index (χ4v) is 5.32. The molecule has 1 heteroatoms. The summed E-state index contributed by atoms with van der Waals surface area (Å²) in [5.74, 6) is 3.34. The highest BCUT2D eigenvalue weighted by Gasteiger charge is 2.36. The highest BCUT2D eigenvalue weighted by Crippen LogP contribution is 2.39. The second-order valence-electron chi connectivity index (χ2n) is 9.96. The van der Waals surface area contributed by atoms with E-state index in [1.165, 1.54) is 83.5 Å². The molecular formula is C25H46O. The molecule has 0 aromatic carbocycles. The Balaban J connectivity index is 1.84. The Bertz CT molecular complexity index is 414. The second-order valence-corrected chi connectivity index (χ2v) is 9.96. The quantitative estimate of drug-likeness (QED) is 0.312. The monoisotopic (exact) mass is 362 g/mol. The Morgan fingerprint density at radius 1 is 1.00 bits per heavy atom. The van der Waals surface area contributed by atoms with Gasteiger partial charge >= 0.3 is 0 Å². The van der Waals surface area contributed by atoms with Crippen molar-refractivity contribution in [2.45, 2.75) is 124 Å². The van der Waals surface area contributed by atoms with Gasteiger partial charge in [0.1, 0.15) is 5.60 Å². The van der Waals surface area contributed by atoms with Crippen LogP contribution in [0.25, 0.3) is 0 Å². The van der Waals surface area contributed by atoms with Crippen molar-refractivity contribution < 1.29 is 4.74 Å². The molecule has 2 unspecified atom stereocenters. The number of hydrogen-bond donors (Lipinski definition) is 0. The van der Waals surface area contributed by atoms with Crippen LogP contribution in [-0.4, -0.2) is 5.60 Å². The van der Waals surface area contributed by atoms with Crippen LogP contribution in [0, 0.1) is 23.7 Å². The summed E-state index contributed by atoms with van der Waals surface area (Å²) in [6, 6.07) is 0. The van der Waals surface area contributed by atoms with E-state index in [1.807, 2.05) is 0 Å². The molecule has 2 saturated carbocycles. The van der Waals surface area contributed by atoms with Gasteiger partial charge in [-0.15, -0.1) is 0 Å². The Hall–Kier alpha value is -0.460. The minimum Gasteiger partial charge on any atom is -0.495 e. The van der Waals surface area contributed by atoms with Crippen LogP contribution < -0.4 is 0 Å². The second kappa shape index (κ2) is 10.8. The number of ether oxygens (including phenoxy) is 1. The van der Waals surface area contributed by atoms with Crippen molar-refractivity contribution in [3.63, 3.8) is 0 Å². The van der Waals surface area contributed by atoms with E-state index in [0.29, 0.717) is 5.92 Å². The summed E-state index contributed by atoms with van der Waals surface area (Å²) in [7, 11) is 0. The smallest absolute Gasteiger partial charge is 0.110 e. The Labute approximate surface area is 164 Å². The lowest BCUT2D eigenvalue weighted by atomic mass is 9.77. The van der Waals surface area contributed by atoms with Gasteiger partial charge in [0.15, 0.2) is 0 Å². The molecule has 2 aliphatic carbocycles. The zero-order valence-corrected chi connectivity index (χ0v) is 18.5. The lowest BCUT2D eigenvalue weighted by Crippen LogP contribution is -2.39. The van der Waals surface area contributed by atoms with Crippen molar-refractivity contribution in [3.05, 3.63) is 11.8 Å². The van der Waals surface area contributed by atoms with Gasteiger partial charge in [0.05, 0.1) is 6.26 Å². The number of rotatable bonds is 8. The van der Waals surface area contributed by atoms with Crippen molar-refractivity contribution in [1.29, 1.82) is 0 Å². The average Bonchev–Trinajstić information content (AvgIpc) is 2.86. The SMILES string of the molecule is CCC(CCC1CCCC(=COC2(C(C)C)CCCCC2)CC1)C(C)C. The summed E-state index contributed by atoms with van der Waals surface area (Å²) in [4.78, 5) is 0. The molecule has 0 amide bonds. The van der Waals surface area contributed by atoms with Gasteiger partial charge < -0.3 is 4.74 Å². The molecule has 1 nitrogen and oxygen atoms in total. The zero-order chi connectivity index (χ0) is 19.0. The summed E-state index contributed by atoms with van der Waals surface area (Å²) in [6.45, 7) is 11.9. The first kappa shape index (κ1) is 21.8. The molecule has 2 atom stereocenters. The third-order valence-corrected chi connectivity index (χ3v) is 7.61. The average molecular weight is 363 g/mol. The van der Waals surface area contributed by atoms with Crippen LogP contribution in [0.1, 0.15) is 118 Å². The van der Waals surface area contributed by atoms with E-state index >= 15 is 0 Å².